The molecule has 0 aliphatic heterocycles. The number of hydrogen-bond acceptors (Lipinski definition) is 2. The zero-order valence-electron chi connectivity index (χ0n) is 9.00. The lowest BCUT2D eigenvalue weighted by Gasteiger charge is -2.02. The first-order valence-electron chi connectivity index (χ1n) is 4.56. The van der Waals surface area contributed by atoms with Crippen molar-refractivity contribution in [1.29, 1.82) is 0 Å². The molecule has 1 aromatic rings. The van der Waals surface area contributed by atoms with Gasteiger partial charge in [-0.15, -0.1) is 0 Å². The third-order valence-corrected chi connectivity index (χ3v) is 1.64. The van der Waals surface area contributed by atoms with Crippen LogP contribution >= 0.6 is 0 Å². The SMILES string of the molecule is CNC.Cc1ccccc1CNC=O. The van der Waals surface area contributed by atoms with Crippen LogP contribution < -0.4 is 10.6 Å². The fraction of sp³-hybridized carbons (Fsp3) is 0.364. The molecule has 0 radical (unpaired) electrons. The number of hydrogen-bond donors (Lipinski definition) is 2. The molecule has 1 rings (SSSR count). The van der Waals surface area contributed by atoms with Crippen molar-refractivity contribution in [3.8, 4) is 0 Å². The lowest BCUT2D eigenvalue weighted by Crippen LogP contribution is -2.10. The van der Waals surface area contributed by atoms with Gasteiger partial charge in [-0.25, -0.2) is 0 Å². The van der Waals surface area contributed by atoms with Crippen molar-refractivity contribution < 1.29 is 4.79 Å². The van der Waals surface area contributed by atoms with Crippen molar-refractivity contribution in [2.75, 3.05) is 14.1 Å². The molecule has 1 amide bonds. The molecule has 0 aromatic heterocycles. The Bertz CT molecular complexity index is 261. The van der Waals surface area contributed by atoms with Crippen molar-refractivity contribution in [3.05, 3.63) is 35.4 Å². The number of amides is 1. The van der Waals surface area contributed by atoms with Crippen LogP contribution in [0.5, 0.6) is 0 Å². The van der Waals surface area contributed by atoms with Gasteiger partial charge in [-0.05, 0) is 32.1 Å². The molecule has 78 valence electrons. The van der Waals surface area contributed by atoms with Gasteiger partial charge in [0, 0.05) is 6.54 Å². The van der Waals surface area contributed by atoms with Crippen LogP contribution in [0.1, 0.15) is 11.1 Å². The van der Waals surface area contributed by atoms with Gasteiger partial charge < -0.3 is 10.6 Å². The molecule has 0 saturated heterocycles. The fourth-order valence-electron chi connectivity index (χ4n) is 0.960. The molecule has 1 aromatic carbocycles. The minimum atomic E-state index is 0.621. The van der Waals surface area contributed by atoms with E-state index in [2.05, 4.69) is 10.6 Å². The highest BCUT2D eigenvalue weighted by molar-refractivity contribution is 5.46. The lowest BCUT2D eigenvalue weighted by atomic mass is 10.1. The molecule has 14 heavy (non-hydrogen) atoms. The smallest absolute Gasteiger partial charge is 0.207 e. The predicted molar refractivity (Wildman–Crippen MR) is 59.1 cm³/mol. The van der Waals surface area contributed by atoms with E-state index in [-0.39, 0.29) is 0 Å². The molecule has 0 spiro atoms. The predicted octanol–water partition coefficient (Wildman–Crippen LogP) is 1.08. The quantitative estimate of drug-likeness (QED) is 0.707. The number of rotatable bonds is 3. The first-order chi connectivity index (χ1) is 6.76. The molecule has 0 saturated carbocycles. The van der Waals surface area contributed by atoms with Crippen LogP contribution in [0.25, 0.3) is 0 Å². The molecule has 0 aliphatic rings. The summed E-state index contributed by atoms with van der Waals surface area (Å²) in [6.45, 7) is 2.65. The standard InChI is InChI=1S/C9H11NO.C2H7N/c1-8-4-2-3-5-9(8)6-10-7-11;1-3-2/h2-5,7H,6H2,1H3,(H,10,11);3H,1-2H3. The Hall–Kier alpha value is -1.35. The molecular weight excluding hydrogens is 176 g/mol. The minimum Gasteiger partial charge on any atom is -0.355 e. The van der Waals surface area contributed by atoms with E-state index in [0.29, 0.717) is 13.0 Å². The molecule has 0 unspecified atom stereocenters. The molecule has 0 heterocycles. The van der Waals surface area contributed by atoms with E-state index in [1.54, 1.807) is 0 Å². The summed E-state index contributed by atoms with van der Waals surface area (Å²) in [5.74, 6) is 0. The van der Waals surface area contributed by atoms with Gasteiger partial charge in [0.15, 0.2) is 0 Å². The van der Waals surface area contributed by atoms with E-state index in [0.717, 1.165) is 0 Å². The van der Waals surface area contributed by atoms with E-state index in [9.17, 15) is 4.79 Å². The average Bonchev–Trinajstić information content (AvgIpc) is 2.18. The first kappa shape index (κ1) is 12.7. The lowest BCUT2D eigenvalue weighted by molar-refractivity contribution is -0.109. The Morgan fingerprint density at radius 1 is 1.29 bits per heavy atom. The van der Waals surface area contributed by atoms with Crippen LogP contribution in [0, 0.1) is 6.92 Å². The molecule has 0 bridgehead atoms. The normalized spacial score (nSPS) is 8.50. The Kier molecular flexibility index (Phi) is 7.46. The zero-order valence-corrected chi connectivity index (χ0v) is 9.00. The van der Waals surface area contributed by atoms with E-state index < -0.39 is 0 Å². The van der Waals surface area contributed by atoms with E-state index in [1.807, 2.05) is 45.3 Å². The monoisotopic (exact) mass is 194 g/mol. The Balaban J connectivity index is 0.000000500. The third kappa shape index (κ3) is 5.32. The van der Waals surface area contributed by atoms with Crippen molar-refractivity contribution in [3.63, 3.8) is 0 Å². The van der Waals surface area contributed by atoms with Gasteiger partial charge in [0.05, 0.1) is 0 Å². The Morgan fingerprint density at radius 3 is 2.36 bits per heavy atom. The zero-order chi connectivity index (χ0) is 10.8. The van der Waals surface area contributed by atoms with Gasteiger partial charge in [0.25, 0.3) is 0 Å². The van der Waals surface area contributed by atoms with Gasteiger partial charge in [0.2, 0.25) is 6.41 Å². The molecule has 3 heteroatoms. The number of nitrogens with one attached hydrogen (secondary N) is 2. The molecular formula is C11H18N2O. The molecule has 2 N–H and O–H groups in total. The number of carbonyl (C=O) groups excluding carboxylic acids is 1. The highest BCUT2D eigenvalue weighted by atomic mass is 16.1. The summed E-state index contributed by atoms with van der Waals surface area (Å²) in [5, 5.41) is 5.37. The minimum absolute atomic E-state index is 0.621. The van der Waals surface area contributed by atoms with E-state index in [1.165, 1.54) is 11.1 Å². The fourth-order valence-corrected chi connectivity index (χ4v) is 0.960. The summed E-state index contributed by atoms with van der Waals surface area (Å²) in [6, 6.07) is 7.99. The van der Waals surface area contributed by atoms with Gasteiger partial charge in [-0.3, -0.25) is 4.79 Å². The van der Waals surface area contributed by atoms with Crippen molar-refractivity contribution in [2.45, 2.75) is 13.5 Å². The molecule has 0 atom stereocenters. The maximum absolute atomic E-state index is 9.98. The highest BCUT2D eigenvalue weighted by Crippen LogP contribution is 2.05. The third-order valence-electron chi connectivity index (χ3n) is 1.64. The van der Waals surface area contributed by atoms with Gasteiger partial charge >= 0.3 is 0 Å². The van der Waals surface area contributed by atoms with Crippen LogP contribution in [0.3, 0.4) is 0 Å². The average molecular weight is 194 g/mol. The van der Waals surface area contributed by atoms with Crippen LogP contribution in [0.2, 0.25) is 0 Å². The van der Waals surface area contributed by atoms with Gasteiger partial charge in [-0.2, -0.15) is 0 Å². The summed E-state index contributed by atoms with van der Waals surface area (Å²) in [6.07, 6.45) is 0.715. The maximum atomic E-state index is 9.98. The number of carbonyl (C=O) groups is 1. The van der Waals surface area contributed by atoms with E-state index >= 15 is 0 Å². The number of benzene rings is 1. The highest BCUT2D eigenvalue weighted by Gasteiger charge is 1.93. The Morgan fingerprint density at radius 2 is 1.86 bits per heavy atom. The second-order valence-corrected chi connectivity index (χ2v) is 2.93. The maximum Gasteiger partial charge on any atom is 0.207 e. The first-order valence-corrected chi connectivity index (χ1v) is 4.56. The van der Waals surface area contributed by atoms with E-state index in [4.69, 9.17) is 0 Å². The summed E-state index contributed by atoms with van der Waals surface area (Å²) >= 11 is 0. The summed E-state index contributed by atoms with van der Waals surface area (Å²) in [5.41, 5.74) is 2.38. The summed E-state index contributed by atoms with van der Waals surface area (Å²) < 4.78 is 0. The van der Waals surface area contributed by atoms with Gasteiger partial charge in [0.1, 0.15) is 0 Å². The second kappa shape index (κ2) is 8.26. The van der Waals surface area contributed by atoms with Crippen LogP contribution in [-0.2, 0) is 11.3 Å². The van der Waals surface area contributed by atoms with Gasteiger partial charge in [-0.1, -0.05) is 24.3 Å². The van der Waals surface area contributed by atoms with Crippen LogP contribution in [-0.4, -0.2) is 20.5 Å². The van der Waals surface area contributed by atoms with Crippen molar-refractivity contribution >= 4 is 6.41 Å². The molecule has 3 nitrogen and oxygen atoms in total. The molecule has 0 aliphatic carbocycles. The topological polar surface area (TPSA) is 41.1 Å². The Labute approximate surface area is 85.5 Å². The van der Waals surface area contributed by atoms with Crippen molar-refractivity contribution in [2.24, 2.45) is 0 Å². The van der Waals surface area contributed by atoms with Crippen LogP contribution in [0.4, 0.5) is 0 Å². The van der Waals surface area contributed by atoms with Crippen LogP contribution in [0.15, 0.2) is 24.3 Å². The van der Waals surface area contributed by atoms with Crippen molar-refractivity contribution in [1.82, 2.24) is 10.6 Å². The number of aryl methyl sites for hydroxylation is 1. The largest absolute Gasteiger partial charge is 0.355 e. The second-order valence-electron chi connectivity index (χ2n) is 2.93. The summed E-state index contributed by atoms with van der Waals surface area (Å²) in [4.78, 5) is 9.98. The molecule has 0 fully saturated rings. The summed E-state index contributed by atoms with van der Waals surface area (Å²) in [7, 11) is 3.75.